The number of nitrogens with zero attached hydrogens (tertiary/aromatic N) is 1. The van der Waals surface area contributed by atoms with Gasteiger partial charge in [-0.3, -0.25) is 0 Å². The fraction of sp³-hybridized carbons (Fsp3) is 0.375. The molecule has 0 saturated carbocycles. The van der Waals surface area contributed by atoms with E-state index in [1.54, 1.807) is 19.9 Å². The van der Waals surface area contributed by atoms with Gasteiger partial charge in [0.2, 0.25) is 10.0 Å². The second kappa shape index (κ2) is 7.44. The summed E-state index contributed by atoms with van der Waals surface area (Å²) in [5.74, 6) is -1.61. The van der Waals surface area contributed by atoms with Crippen molar-refractivity contribution in [2.75, 3.05) is 32.5 Å². The third kappa shape index (κ3) is 3.71. The molecule has 26 heavy (non-hydrogen) atoms. The lowest BCUT2D eigenvalue weighted by Crippen LogP contribution is -2.40. The Morgan fingerprint density at radius 2 is 1.77 bits per heavy atom. The number of methoxy groups -OCH3 is 2. The smallest absolute Gasteiger partial charge is 0.355 e. The standard InChI is InChI=1S/C16H20N2O7S/c1-9-5-10(2)13(12(6-9)26(17,21)22)18-8-25-7-11(15(19)23-3)14(18)16(20)24-4/h5-6H,7-8H2,1-4H3,(H2,17,21,22). The minimum absolute atomic E-state index is 0.0778. The quantitative estimate of drug-likeness (QED) is 0.737. The van der Waals surface area contributed by atoms with E-state index in [4.69, 9.17) is 19.3 Å². The van der Waals surface area contributed by atoms with Crippen LogP contribution in [0.4, 0.5) is 5.69 Å². The number of hydrogen-bond acceptors (Lipinski definition) is 8. The first-order valence-corrected chi connectivity index (χ1v) is 9.05. The second-order valence-corrected chi connectivity index (χ2v) is 7.22. The highest BCUT2D eigenvalue weighted by Crippen LogP contribution is 2.35. The lowest BCUT2D eigenvalue weighted by Gasteiger charge is -2.33. The maximum atomic E-state index is 12.4. The predicted molar refractivity (Wildman–Crippen MR) is 91.6 cm³/mol. The molecule has 1 aromatic rings. The van der Waals surface area contributed by atoms with Crippen LogP contribution in [-0.4, -0.2) is 47.9 Å². The van der Waals surface area contributed by atoms with Crippen molar-refractivity contribution in [2.24, 2.45) is 5.14 Å². The van der Waals surface area contributed by atoms with E-state index in [0.29, 0.717) is 11.1 Å². The van der Waals surface area contributed by atoms with Crippen LogP contribution < -0.4 is 10.0 Å². The average Bonchev–Trinajstić information content (AvgIpc) is 2.58. The Morgan fingerprint density at radius 3 is 2.31 bits per heavy atom. The van der Waals surface area contributed by atoms with Gasteiger partial charge in [-0.1, -0.05) is 6.07 Å². The number of carbonyl (C=O) groups is 2. The summed E-state index contributed by atoms with van der Waals surface area (Å²) in [5, 5.41) is 5.36. The van der Waals surface area contributed by atoms with E-state index in [2.05, 4.69) is 0 Å². The largest absolute Gasteiger partial charge is 0.466 e. The number of benzene rings is 1. The number of primary sulfonamides is 1. The first-order chi connectivity index (χ1) is 12.1. The molecular formula is C16H20N2O7S. The number of ether oxygens (including phenoxy) is 3. The van der Waals surface area contributed by atoms with Crippen molar-refractivity contribution in [1.29, 1.82) is 0 Å². The zero-order valence-electron chi connectivity index (χ0n) is 14.9. The van der Waals surface area contributed by atoms with Crippen LogP contribution in [-0.2, 0) is 33.8 Å². The van der Waals surface area contributed by atoms with Crippen LogP contribution in [0.2, 0.25) is 0 Å². The summed E-state index contributed by atoms with van der Waals surface area (Å²) in [4.78, 5) is 25.5. The summed E-state index contributed by atoms with van der Waals surface area (Å²) in [6.45, 7) is 3.04. The average molecular weight is 384 g/mol. The Kier molecular flexibility index (Phi) is 5.69. The van der Waals surface area contributed by atoms with Crippen LogP contribution in [0.25, 0.3) is 0 Å². The number of anilines is 1. The van der Waals surface area contributed by atoms with Crippen molar-refractivity contribution in [1.82, 2.24) is 0 Å². The molecule has 2 rings (SSSR count). The van der Waals surface area contributed by atoms with Gasteiger partial charge in [0.15, 0.2) is 0 Å². The van der Waals surface area contributed by atoms with Gasteiger partial charge in [-0.15, -0.1) is 0 Å². The van der Waals surface area contributed by atoms with E-state index in [1.807, 2.05) is 0 Å². The van der Waals surface area contributed by atoms with Crippen molar-refractivity contribution < 1.29 is 32.2 Å². The zero-order chi connectivity index (χ0) is 19.6. The van der Waals surface area contributed by atoms with Crippen molar-refractivity contribution in [3.8, 4) is 0 Å². The number of hydrogen-bond donors (Lipinski definition) is 1. The lowest BCUT2D eigenvalue weighted by atomic mass is 10.1. The number of aryl methyl sites for hydroxylation is 2. The molecule has 0 aliphatic carbocycles. The van der Waals surface area contributed by atoms with Gasteiger partial charge in [-0.25, -0.2) is 23.1 Å². The highest BCUT2D eigenvalue weighted by Gasteiger charge is 2.35. The van der Waals surface area contributed by atoms with Crippen LogP contribution >= 0.6 is 0 Å². The molecule has 10 heteroatoms. The Labute approximate surface area is 151 Å². The molecular weight excluding hydrogens is 364 g/mol. The SMILES string of the molecule is COC(=O)C1=C(C(=O)OC)N(c2c(C)cc(C)cc2S(N)(=O)=O)COC1. The number of nitrogens with two attached hydrogens (primary N) is 1. The molecule has 0 unspecified atom stereocenters. The van der Waals surface area contributed by atoms with Gasteiger partial charge in [-0.2, -0.15) is 0 Å². The van der Waals surface area contributed by atoms with Gasteiger partial charge in [0.1, 0.15) is 17.3 Å². The Morgan fingerprint density at radius 1 is 1.15 bits per heavy atom. The van der Waals surface area contributed by atoms with Gasteiger partial charge < -0.3 is 19.1 Å². The predicted octanol–water partition coefficient (Wildman–Crippen LogP) is 0.345. The first-order valence-electron chi connectivity index (χ1n) is 7.51. The van der Waals surface area contributed by atoms with Crippen LogP contribution in [0.3, 0.4) is 0 Å². The highest BCUT2D eigenvalue weighted by molar-refractivity contribution is 7.89. The Bertz CT molecular complexity index is 890. The van der Waals surface area contributed by atoms with Gasteiger partial charge in [0.05, 0.1) is 32.1 Å². The third-order valence-corrected chi connectivity index (χ3v) is 4.74. The summed E-state index contributed by atoms with van der Waals surface area (Å²) in [5.41, 5.74) is 1.11. The highest BCUT2D eigenvalue weighted by atomic mass is 32.2. The molecule has 142 valence electrons. The second-order valence-electron chi connectivity index (χ2n) is 5.69. The van der Waals surface area contributed by atoms with Crippen LogP contribution in [0, 0.1) is 13.8 Å². The monoisotopic (exact) mass is 384 g/mol. The molecule has 1 heterocycles. The summed E-state index contributed by atoms with van der Waals surface area (Å²) in [6.07, 6.45) is 0. The molecule has 0 aromatic heterocycles. The molecule has 1 aromatic carbocycles. The minimum atomic E-state index is -4.12. The Balaban J connectivity index is 2.82. The normalized spacial score (nSPS) is 15.0. The number of esters is 2. The van der Waals surface area contributed by atoms with Gasteiger partial charge >= 0.3 is 11.9 Å². The van der Waals surface area contributed by atoms with E-state index in [1.165, 1.54) is 11.0 Å². The Hall–Kier alpha value is -2.43. The van der Waals surface area contributed by atoms with Gasteiger partial charge in [0.25, 0.3) is 0 Å². The summed E-state index contributed by atoms with van der Waals surface area (Å²) >= 11 is 0. The van der Waals surface area contributed by atoms with Crippen LogP contribution in [0.15, 0.2) is 28.3 Å². The number of carbonyl (C=O) groups excluding carboxylic acids is 2. The fourth-order valence-corrected chi connectivity index (χ4v) is 3.69. The number of sulfonamides is 1. The molecule has 1 aliphatic rings. The van der Waals surface area contributed by atoms with E-state index < -0.39 is 22.0 Å². The van der Waals surface area contributed by atoms with Crippen LogP contribution in [0.1, 0.15) is 11.1 Å². The first kappa shape index (κ1) is 19.9. The third-order valence-electron chi connectivity index (χ3n) is 3.82. The molecule has 0 saturated heterocycles. The molecule has 0 atom stereocenters. The van der Waals surface area contributed by atoms with Gasteiger partial charge in [-0.05, 0) is 31.0 Å². The fourth-order valence-electron chi connectivity index (χ4n) is 2.80. The summed E-state index contributed by atoms with van der Waals surface area (Å²) < 4.78 is 39.0. The molecule has 0 amide bonds. The van der Waals surface area contributed by atoms with E-state index in [9.17, 15) is 18.0 Å². The topological polar surface area (TPSA) is 125 Å². The van der Waals surface area contributed by atoms with Crippen molar-refractivity contribution in [2.45, 2.75) is 18.7 Å². The molecule has 0 spiro atoms. The van der Waals surface area contributed by atoms with E-state index >= 15 is 0 Å². The lowest BCUT2D eigenvalue weighted by molar-refractivity contribution is -0.140. The molecule has 0 bridgehead atoms. The number of rotatable bonds is 4. The maximum absolute atomic E-state index is 12.4. The molecule has 9 nitrogen and oxygen atoms in total. The summed E-state index contributed by atoms with van der Waals surface area (Å²) in [6, 6.07) is 3.12. The van der Waals surface area contributed by atoms with Crippen molar-refractivity contribution in [3.63, 3.8) is 0 Å². The molecule has 0 fully saturated rings. The zero-order valence-corrected chi connectivity index (χ0v) is 15.7. The van der Waals surface area contributed by atoms with Crippen LogP contribution in [0.5, 0.6) is 0 Å². The summed E-state index contributed by atoms with van der Waals surface area (Å²) in [7, 11) is -1.80. The molecule has 1 aliphatic heterocycles. The molecule has 0 radical (unpaired) electrons. The van der Waals surface area contributed by atoms with Crippen molar-refractivity contribution in [3.05, 3.63) is 34.5 Å². The van der Waals surface area contributed by atoms with Gasteiger partial charge in [0, 0.05) is 0 Å². The van der Waals surface area contributed by atoms with E-state index in [0.717, 1.165) is 14.2 Å². The molecule has 2 N–H and O–H groups in total. The van der Waals surface area contributed by atoms with E-state index in [-0.39, 0.29) is 35.2 Å². The maximum Gasteiger partial charge on any atom is 0.355 e. The van der Waals surface area contributed by atoms with Crippen molar-refractivity contribution >= 4 is 27.6 Å². The minimum Gasteiger partial charge on any atom is -0.466 e.